The number of para-hydroxylation sites is 1. The molecule has 0 aliphatic carbocycles. The Morgan fingerprint density at radius 2 is 1.82 bits per heavy atom. The fraction of sp³-hybridized carbons (Fsp3) is 0.280. The number of carbonyl (C=O) groups is 3. The SMILES string of the molecule is CCOC(=O)c1cc2n(n1)CC(C)(C(=O)NCc1ccccc1)N(c1ccccc1C)C2=O. The number of hydrogen-bond donors (Lipinski definition) is 1. The lowest BCUT2D eigenvalue weighted by Crippen LogP contribution is -2.64. The Labute approximate surface area is 192 Å². The summed E-state index contributed by atoms with van der Waals surface area (Å²) in [5, 5.41) is 7.25. The molecule has 1 unspecified atom stereocenters. The lowest BCUT2D eigenvalue weighted by molar-refractivity contribution is -0.126. The second kappa shape index (κ2) is 8.90. The normalized spacial score (nSPS) is 17.4. The molecular formula is C25H26N4O4. The molecule has 2 amide bonds. The van der Waals surface area contributed by atoms with Crippen LogP contribution in [0.3, 0.4) is 0 Å². The van der Waals surface area contributed by atoms with Gasteiger partial charge in [0.05, 0.1) is 13.2 Å². The first-order chi connectivity index (χ1) is 15.8. The molecule has 0 saturated carbocycles. The molecule has 33 heavy (non-hydrogen) atoms. The van der Waals surface area contributed by atoms with Crippen LogP contribution in [0.25, 0.3) is 0 Å². The van der Waals surface area contributed by atoms with Crippen LogP contribution < -0.4 is 10.2 Å². The van der Waals surface area contributed by atoms with Crippen molar-refractivity contribution in [3.63, 3.8) is 0 Å². The van der Waals surface area contributed by atoms with Crippen molar-refractivity contribution in [1.82, 2.24) is 15.1 Å². The van der Waals surface area contributed by atoms with Crippen LogP contribution in [-0.2, 0) is 22.6 Å². The fourth-order valence-corrected chi connectivity index (χ4v) is 4.05. The number of rotatable bonds is 6. The molecule has 1 aromatic heterocycles. The first kappa shape index (κ1) is 22.3. The van der Waals surface area contributed by atoms with Gasteiger partial charge in [-0.1, -0.05) is 48.5 Å². The molecule has 4 rings (SSSR count). The van der Waals surface area contributed by atoms with Crippen molar-refractivity contribution in [2.75, 3.05) is 11.5 Å². The Hall–Kier alpha value is -3.94. The van der Waals surface area contributed by atoms with Gasteiger partial charge in [-0.2, -0.15) is 5.10 Å². The molecule has 3 aromatic rings. The lowest BCUT2D eigenvalue weighted by Gasteiger charge is -2.43. The average molecular weight is 447 g/mol. The van der Waals surface area contributed by atoms with Crippen molar-refractivity contribution in [3.05, 3.63) is 83.2 Å². The maximum Gasteiger partial charge on any atom is 0.358 e. The molecule has 1 aliphatic heterocycles. The molecule has 0 bridgehead atoms. The molecule has 8 heteroatoms. The van der Waals surface area contributed by atoms with Crippen LogP contribution >= 0.6 is 0 Å². The van der Waals surface area contributed by atoms with E-state index in [9.17, 15) is 14.4 Å². The Balaban J connectivity index is 1.74. The number of nitrogens with zero attached hydrogens (tertiary/aromatic N) is 3. The van der Waals surface area contributed by atoms with Gasteiger partial charge >= 0.3 is 5.97 Å². The third-order valence-corrected chi connectivity index (χ3v) is 5.78. The maximum absolute atomic E-state index is 13.7. The van der Waals surface area contributed by atoms with E-state index >= 15 is 0 Å². The number of anilines is 1. The average Bonchev–Trinajstić information content (AvgIpc) is 3.24. The second-order valence-corrected chi connectivity index (χ2v) is 8.16. The summed E-state index contributed by atoms with van der Waals surface area (Å²) in [7, 11) is 0. The summed E-state index contributed by atoms with van der Waals surface area (Å²) < 4.78 is 6.46. The number of carbonyl (C=O) groups excluding carboxylic acids is 3. The van der Waals surface area contributed by atoms with Crippen molar-refractivity contribution in [3.8, 4) is 0 Å². The molecule has 1 atom stereocenters. The Morgan fingerprint density at radius 1 is 1.12 bits per heavy atom. The van der Waals surface area contributed by atoms with E-state index in [0.29, 0.717) is 12.2 Å². The topological polar surface area (TPSA) is 93.5 Å². The summed E-state index contributed by atoms with van der Waals surface area (Å²) in [4.78, 5) is 41.0. The van der Waals surface area contributed by atoms with Gasteiger partial charge < -0.3 is 10.1 Å². The van der Waals surface area contributed by atoms with Crippen LogP contribution in [0, 0.1) is 6.92 Å². The number of nitrogens with one attached hydrogen (secondary N) is 1. The van der Waals surface area contributed by atoms with Gasteiger partial charge in [-0.05, 0) is 38.0 Å². The van der Waals surface area contributed by atoms with Crippen molar-refractivity contribution in [1.29, 1.82) is 0 Å². The summed E-state index contributed by atoms with van der Waals surface area (Å²) in [6.07, 6.45) is 0. The molecule has 0 fully saturated rings. The predicted molar refractivity (Wildman–Crippen MR) is 123 cm³/mol. The number of ether oxygens (including phenoxy) is 1. The summed E-state index contributed by atoms with van der Waals surface area (Å²) in [6, 6.07) is 18.4. The first-order valence-corrected chi connectivity index (χ1v) is 10.8. The van der Waals surface area contributed by atoms with Crippen LogP contribution in [0.15, 0.2) is 60.7 Å². The highest BCUT2D eigenvalue weighted by Gasteiger charge is 2.49. The third kappa shape index (κ3) is 4.11. The van der Waals surface area contributed by atoms with Gasteiger partial charge in [0.1, 0.15) is 11.2 Å². The molecule has 0 spiro atoms. The van der Waals surface area contributed by atoms with Crippen molar-refractivity contribution < 1.29 is 19.1 Å². The van der Waals surface area contributed by atoms with Gasteiger partial charge in [0, 0.05) is 18.3 Å². The largest absolute Gasteiger partial charge is 0.461 e. The molecule has 1 aliphatic rings. The number of benzene rings is 2. The van der Waals surface area contributed by atoms with E-state index in [4.69, 9.17) is 4.74 Å². The molecule has 0 radical (unpaired) electrons. The quantitative estimate of drug-likeness (QED) is 0.588. The monoisotopic (exact) mass is 446 g/mol. The highest BCUT2D eigenvalue weighted by molar-refractivity contribution is 6.12. The minimum atomic E-state index is -1.27. The Bertz CT molecular complexity index is 1200. The summed E-state index contributed by atoms with van der Waals surface area (Å²) >= 11 is 0. The van der Waals surface area contributed by atoms with Crippen LogP contribution in [0.4, 0.5) is 5.69 Å². The predicted octanol–water partition coefficient (Wildman–Crippen LogP) is 3.10. The number of esters is 1. The van der Waals surface area contributed by atoms with Gasteiger partial charge in [0.15, 0.2) is 5.69 Å². The molecule has 0 saturated heterocycles. The van der Waals surface area contributed by atoms with E-state index in [2.05, 4.69) is 10.4 Å². The van der Waals surface area contributed by atoms with Crippen LogP contribution in [-0.4, -0.2) is 39.7 Å². The number of fused-ring (bicyclic) bond motifs is 1. The second-order valence-electron chi connectivity index (χ2n) is 8.16. The number of hydrogen-bond acceptors (Lipinski definition) is 5. The van der Waals surface area contributed by atoms with E-state index in [1.165, 1.54) is 15.6 Å². The minimum absolute atomic E-state index is 0.0406. The first-order valence-electron chi connectivity index (χ1n) is 10.8. The van der Waals surface area contributed by atoms with Gasteiger partial charge in [0.25, 0.3) is 5.91 Å². The smallest absolute Gasteiger partial charge is 0.358 e. The highest BCUT2D eigenvalue weighted by atomic mass is 16.5. The van der Waals surface area contributed by atoms with E-state index in [0.717, 1.165) is 11.1 Å². The van der Waals surface area contributed by atoms with Crippen LogP contribution in [0.5, 0.6) is 0 Å². The van der Waals surface area contributed by atoms with Gasteiger partial charge in [-0.15, -0.1) is 0 Å². The molecular weight excluding hydrogens is 420 g/mol. The zero-order valence-corrected chi connectivity index (χ0v) is 18.9. The summed E-state index contributed by atoms with van der Waals surface area (Å²) in [5.74, 6) is -1.33. The number of aryl methyl sites for hydroxylation is 1. The lowest BCUT2D eigenvalue weighted by atomic mass is 9.93. The molecule has 1 N–H and O–H groups in total. The van der Waals surface area contributed by atoms with Crippen molar-refractivity contribution >= 4 is 23.5 Å². The van der Waals surface area contributed by atoms with Crippen LogP contribution in [0.1, 0.15) is 46.0 Å². The Morgan fingerprint density at radius 3 is 2.52 bits per heavy atom. The minimum Gasteiger partial charge on any atom is -0.461 e. The summed E-state index contributed by atoms with van der Waals surface area (Å²) in [6.45, 7) is 5.91. The third-order valence-electron chi connectivity index (χ3n) is 5.78. The molecule has 2 heterocycles. The number of amides is 2. The number of aromatic nitrogens is 2. The van der Waals surface area contributed by atoms with Gasteiger partial charge in [-0.3, -0.25) is 19.2 Å². The van der Waals surface area contributed by atoms with Crippen molar-refractivity contribution in [2.45, 2.75) is 39.4 Å². The summed E-state index contributed by atoms with van der Waals surface area (Å²) in [5.41, 5.74) is 1.43. The molecule has 170 valence electrons. The zero-order valence-electron chi connectivity index (χ0n) is 18.9. The van der Waals surface area contributed by atoms with Crippen molar-refractivity contribution in [2.24, 2.45) is 0 Å². The van der Waals surface area contributed by atoms with E-state index in [1.807, 2.05) is 61.5 Å². The van der Waals surface area contributed by atoms with E-state index in [-0.39, 0.29) is 30.4 Å². The molecule has 8 nitrogen and oxygen atoms in total. The van der Waals surface area contributed by atoms with Gasteiger partial charge in [0.2, 0.25) is 5.91 Å². The van der Waals surface area contributed by atoms with E-state index in [1.54, 1.807) is 13.8 Å². The van der Waals surface area contributed by atoms with E-state index < -0.39 is 17.4 Å². The Kier molecular flexibility index (Phi) is 6.00. The standard InChI is InChI=1S/C25H26N4O4/c1-4-33-23(31)19-14-21-22(30)29(20-13-9-8-10-17(20)2)25(3,16-28(21)27-19)24(32)26-15-18-11-6-5-7-12-18/h5-14H,4,15-16H2,1-3H3,(H,26,32). The zero-order chi connectivity index (χ0) is 23.6. The molecule has 2 aromatic carbocycles. The fourth-order valence-electron chi connectivity index (χ4n) is 4.05. The highest BCUT2D eigenvalue weighted by Crippen LogP contribution is 2.34. The maximum atomic E-state index is 13.7. The van der Waals surface area contributed by atoms with Crippen LogP contribution in [0.2, 0.25) is 0 Å². The van der Waals surface area contributed by atoms with Gasteiger partial charge in [-0.25, -0.2) is 4.79 Å².